The third-order valence-electron chi connectivity index (χ3n) is 3.59. The van der Waals surface area contributed by atoms with E-state index in [4.69, 9.17) is 14.2 Å². The topological polar surface area (TPSA) is 87.5 Å². The van der Waals surface area contributed by atoms with Crippen molar-refractivity contribution in [1.82, 2.24) is 20.3 Å². The SMILES string of the molecule is CCOC(Cn1cc(C(=O)NCc2ccccc2OC(C)C)nn1)OCC. The van der Waals surface area contributed by atoms with Gasteiger partial charge in [0, 0.05) is 25.3 Å². The summed E-state index contributed by atoms with van der Waals surface area (Å²) < 4.78 is 18.3. The number of rotatable bonds is 11. The molecule has 1 N–H and O–H groups in total. The number of hydrogen-bond donors (Lipinski definition) is 1. The Balaban J connectivity index is 1.94. The summed E-state index contributed by atoms with van der Waals surface area (Å²) in [5.74, 6) is 0.456. The lowest BCUT2D eigenvalue weighted by Gasteiger charge is -2.16. The van der Waals surface area contributed by atoms with E-state index in [-0.39, 0.29) is 17.7 Å². The maximum atomic E-state index is 12.4. The summed E-state index contributed by atoms with van der Waals surface area (Å²) in [4.78, 5) is 12.4. The van der Waals surface area contributed by atoms with E-state index in [9.17, 15) is 4.79 Å². The van der Waals surface area contributed by atoms with Crippen molar-refractivity contribution in [2.24, 2.45) is 0 Å². The third-order valence-corrected chi connectivity index (χ3v) is 3.59. The first-order valence-electron chi connectivity index (χ1n) is 9.19. The Morgan fingerprint density at radius 1 is 1.19 bits per heavy atom. The third kappa shape index (κ3) is 6.65. The summed E-state index contributed by atoms with van der Waals surface area (Å²) in [7, 11) is 0. The molecule has 1 heterocycles. The van der Waals surface area contributed by atoms with E-state index in [1.807, 2.05) is 52.0 Å². The van der Waals surface area contributed by atoms with E-state index in [2.05, 4.69) is 15.6 Å². The summed E-state index contributed by atoms with van der Waals surface area (Å²) in [6.45, 7) is 9.49. The van der Waals surface area contributed by atoms with Crippen LogP contribution in [0.25, 0.3) is 0 Å². The number of para-hydroxylation sites is 1. The first-order valence-corrected chi connectivity index (χ1v) is 9.19. The molecule has 1 amide bonds. The van der Waals surface area contributed by atoms with Crippen LogP contribution in [-0.4, -0.2) is 46.5 Å². The van der Waals surface area contributed by atoms with Crippen LogP contribution in [0.3, 0.4) is 0 Å². The van der Waals surface area contributed by atoms with Gasteiger partial charge in [-0.2, -0.15) is 0 Å². The molecule has 1 aromatic carbocycles. The zero-order valence-electron chi connectivity index (χ0n) is 16.3. The van der Waals surface area contributed by atoms with Crippen LogP contribution in [0.5, 0.6) is 5.75 Å². The molecule has 0 aliphatic heterocycles. The van der Waals surface area contributed by atoms with Gasteiger partial charge in [-0.05, 0) is 33.8 Å². The fourth-order valence-electron chi connectivity index (χ4n) is 2.45. The van der Waals surface area contributed by atoms with Gasteiger partial charge in [0.05, 0.1) is 18.8 Å². The molecule has 0 spiro atoms. The maximum absolute atomic E-state index is 12.4. The molecule has 0 bridgehead atoms. The molecule has 2 rings (SSSR count). The smallest absolute Gasteiger partial charge is 0.273 e. The van der Waals surface area contributed by atoms with Crippen molar-refractivity contribution < 1.29 is 19.0 Å². The molecule has 27 heavy (non-hydrogen) atoms. The van der Waals surface area contributed by atoms with Crippen molar-refractivity contribution in [1.29, 1.82) is 0 Å². The van der Waals surface area contributed by atoms with Crippen LogP contribution in [0.15, 0.2) is 30.5 Å². The van der Waals surface area contributed by atoms with E-state index >= 15 is 0 Å². The summed E-state index contributed by atoms with van der Waals surface area (Å²) in [5, 5.41) is 10.8. The number of nitrogens with one attached hydrogen (secondary N) is 1. The quantitative estimate of drug-likeness (QED) is 0.606. The minimum atomic E-state index is -0.419. The van der Waals surface area contributed by atoms with Crippen molar-refractivity contribution >= 4 is 5.91 Å². The number of amides is 1. The standard InChI is InChI=1S/C19H28N4O4/c1-5-25-18(26-6-2)13-23-12-16(21-22-23)19(24)20-11-15-9-7-8-10-17(15)27-14(3)4/h7-10,12,14,18H,5-6,11,13H2,1-4H3,(H,20,24). The van der Waals surface area contributed by atoms with Gasteiger partial charge in [0.25, 0.3) is 5.91 Å². The van der Waals surface area contributed by atoms with Crippen LogP contribution < -0.4 is 10.1 Å². The van der Waals surface area contributed by atoms with E-state index in [1.54, 1.807) is 10.9 Å². The number of ether oxygens (including phenoxy) is 3. The van der Waals surface area contributed by atoms with Crippen LogP contribution in [0.4, 0.5) is 0 Å². The average Bonchev–Trinajstić information content (AvgIpc) is 3.09. The molecule has 2 aromatic rings. The van der Waals surface area contributed by atoms with Crippen molar-refractivity contribution in [2.75, 3.05) is 13.2 Å². The molecule has 0 fully saturated rings. The molecule has 8 heteroatoms. The first-order chi connectivity index (χ1) is 13.0. The Bertz CT molecular complexity index is 711. The monoisotopic (exact) mass is 376 g/mol. The second-order valence-electron chi connectivity index (χ2n) is 6.12. The number of hydrogen-bond acceptors (Lipinski definition) is 6. The Kier molecular flexibility index (Phi) is 8.22. The minimum Gasteiger partial charge on any atom is -0.491 e. The molecule has 0 aliphatic rings. The average molecular weight is 376 g/mol. The molecule has 0 saturated heterocycles. The van der Waals surface area contributed by atoms with E-state index < -0.39 is 6.29 Å². The molecule has 0 aliphatic carbocycles. The summed E-state index contributed by atoms with van der Waals surface area (Å²) in [5.41, 5.74) is 1.14. The van der Waals surface area contributed by atoms with Crippen LogP contribution in [0.2, 0.25) is 0 Å². The molecule has 0 radical (unpaired) electrons. The molecular formula is C19H28N4O4. The Morgan fingerprint density at radius 3 is 2.56 bits per heavy atom. The molecule has 148 valence electrons. The van der Waals surface area contributed by atoms with Crippen molar-refractivity contribution in [2.45, 2.75) is 53.2 Å². The van der Waals surface area contributed by atoms with Gasteiger partial charge in [-0.15, -0.1) is 5.10 Å². The Labute approximate surface area is 159 Å². The van der Waals surface area contributed by atoms with E-state index in [0.717, 1.165) is 11.3 Å². The van der Waals surface area contributed by atoms with Crippen LogP contribution >= 0.6 is 0 Å². The van der Waals surface area contributed by atoms with Gasteiger partial charge in [-0.25, -0.2) is 4.68 Å². The lowest BCUT2D eigenvalue weighted by atomic mass is 10.2. The highest BCUT2D eigenvalue weighted by Crippen LogP contribution is 2.19. The van der Waals surface area contributed by atoms with Gasteiger partial charge in [0.15, 0.2) is 12.0 Å². The number of benzene rings is 1. The fourth-order valence-corrected chi connectivity index (χ4v) is 2.45. The van der Waals surface area contributed by atoms with Gasteiger partial charge in [0.1, 0.15) is 5.75 Å². The van der Waals surface area contributed by atoms with E-state index in [0.29, 0.717) is 26.3 Å². The van der Waals surface area contributed by atoms with Gasteiger partial charge < -0.3 is 19.5 Å². The van der Waals surface area contributed by atoms with E-state index in [1.165, 1.54) is 0 Å². The number of carbonyl (C=O) groups excluding carboxylic acids is 1. The zero-order chi connectivity index (χ0) is 19.6. The van der Waals surface area contributed by atoms with Crippen LogP contribution in [-0.2, 0) is 22.6 Å². The van der Waals surface area contributed by atoms with Crippen molar-refractivity contribution in [3.05, 3.63) is 41.7 Å². The highest BCUT2D eigenvalue weighted by atomic mass is 16.7. The molecule has 0 unspecified atom stereocenters. The molecule has 0 atom stereocenters. The van der Waals surface area contributed by atoms with Crippen molar-refractivity contribution in [3.8, 4) is 5.75 Å². The molecule has 8 nitrogen and oxygen atoms in total. The molecular weight excluding hydrogens is 348 g/mol. The largest absolute Gasteiger partial charge is 0.491 e. The predicted molar refractivity (Wildman–Crippen MR) is 100 cm³/mol. The van der Waals surface area contributed by atoms with Gasteiger partial charge >= 0.3 is 0 Å². The summed E-state index contributed by atoms with van der Waals surface area (Å²) in [6, 6.07) is 7.62. The van der Waals surface area contributed by atoms with Crippen molar-refractivity contribution in [3.63, 3.8) is 0 Å². The Hall–Kier alpha value is -2.45. The van der Waals surface area contributed by atoms with Crippen LogP contribution in [0.1, 0.15) is 43.7 Å². The van der Waals surface area contributed by atoms with Crippen LogP contribution in [0, 0.1) is 0 Å². The lowest BCUT2D eigenvalue weighted by Crippen LogP contribution is -2.24. The normalized spacial score (nSPS) is 11.2. The number of carbonyl (C=O) groups is 1. The van der Waals surface area contributed by atoms with Gasteiger partial charge in [0.2, 0.25) is 0 Å². The zero-order valence-corrected chi connectivity index (χ0v) is 16.3. The minimum absolute atomic E-state index is 0.0605. The predicted octanol–water partition coefficient (Wildman–Crippen LogP) is 2.39. The van der Waals surface area contributed by atoms with Gasteiger partial charge in [-0.1, -0.05) is 23.4 Å². The first kappa shape index (κ1) is 20.9. The molecule has 1 aromatic heterocycles. The second kappa shape index (κ2) is 10.6. The summed E-state index contributed by atoms with van der Waals surface area (Å²) in [6.07, 6.45) is 1.22. The number of aromatic nitrogens is 3. The molecule has 0 saturated carbocycles. The lowest BCUT2D eigenvalue weighted by molar-refractivity contribution is -0.145. The fraction of sp³-hybridized carbons (Fsp3) is 0.526. The highest BCUT2D eigenvalue weighted by molar-refractivity contribution is 5.91. The highest BCUT2D eigenvalue weighted by Gasteiger charge is 2.15. The maximum Gasteiger partial charge on any atom is 0.273 e. The second-order valence-corrected chi connectivity index (χ2v) is 6.12. The van der Waals surface area contributed by atoms with Gasteiger partial charge in [-0.3, -0.25) is 4.79 Å². The Morgan fingerprint density at radius 2 is 1.89 bits per heavy atom. The number of nitrogens with zero attached hydrogens (tertiary/aromatic N) is 3. The summed E-state index contributed by atoms with van der Waals surface area (Å²) >= 11 is 0.